The highest BCUT2D eigenvalue weighted by Gasteiger charge is 1.84. The molecule has 0 aromatic rings. The van der Waals surface area contributed by atoms with E-state index in [2.05, 4.69) is 23.5 Å². The van der Waals surface area contributed by atoms with Crippen molar-refractivity contribution in [3.8, 4) is 11.8 Å². The van der Waals surface area contributed by atoms with Crippen LogP contribution in [0.25, 0.3) is 0 Å². The smallest absolute Gasteiger partial charge is 0.307 e. The van der Waals surface area contributed by atoms with Crippen LogP contribution in [0.5, 0.6) is 0 Å². The molecule has 0 spiro atoms. The molecule has 0 amide bonds. The summed E-state index contributed by atoms with van der Waals surface area (Å²) in [6.45, 7) is 4.81. The van der Waals surface area contributed by atoms with Crippen molar-refractivity contribution >= 4 is 5.97 Å². The second-order valence-electron chi connectivity index (χ2n) is 1.09. The monoisotopic (exact) mass is 111 g/mol. The van der Waals surface area contributed by atoms with Crippen molar-refractivity contribution in [2.75, 3.05) is 6.61 Å². The number of esters is 1. The Morgan fingerprint density at radius 3 is 2.88 bits per heavy atom. The Kier molecular flexibility index (Phi) is 3.69. The third-order valence-corrected chi connectivity index (χ3v) is 0.482. The molecule has 8 heavy (non-hydrogen) atoms. The first-order valence-corrected chi connectivity index (χ1v) is 2.15. The van der Waals surface area contributed by atoms with E-state index in [1.54, 1.807) is 6.92 Å². The zero-order valence-electron chi connectivity index (χ0n) is 4.73. The minimum absolute atomic E-state index is 0.152. The minimum Gasteiger partial charge on any atom is -0.452 e. The Labute approximate surface area is 48.8 Å². The van der Waals surface area contributed by atoms with Crippen LogP contribution in [-0.2, 0) is 9.53 Å². The molecule has 2 nitrogen and oxygen atoms in total. The van der Waals surface area contributed by atoms with E-state index in [9.17, 15) is 4.79 Å². The van der Waals surface area contributed by atoms with Crippen molar-refractivity contribution < 1.29 is 9.53 Å². The van der Waals surface area contributed by atoms with E-state index in [1.807, 2.05) is 0 Å². The zero-order valence-corrected chi connectivity index (χ0v) is 4.73. The summed E-state index contributed by atoms with van der Waals surface area (Å²) in [5.41, 5.74) is 0. The molecule has 0 aromatic carbocycles. The Morgan fingerprint density at radius 1 is 1.88 bits per heavy atom. The van der Waals surface area contributed by atoms with Crippen molar-refractivity contribution in [1.29, 1.82) is 0 Å². The Hall–Kier alpha value is -0.970. The fourth-order valence-corrected chi connectivity index (χ4v) is 0.189. The van der Waals surface area contributed by atoms with Gasteiger partial charge in [0, 0.05) is 0 Å². The van der Waals surface area contributed by atoms with E-state index in [-0.39, 0.29) is 6.61 Å². The number of ether oxygens (including phenoxy) is 1. The first-order valence-electron chi connectivity index (χ1n) is 2.15. The van der Waals surface area contributed by atoms with Gasteiger partial charge < -0.3 is 4.74 Å². The van der Waals surface area contributed by atoms with E-state index in [1.165, 1.54) is 0 Å². The Balaban J connectivity index is 3.14. The summed E-state index contributed by atoms with van der Waals surface area (Å²) in [4.78, 5) is 9.92. The molecule has 0 saturated heterocycles. The number of carbonyl (C=O) groups excluding carboxylic acids is 1. The molecule has 0 aromatic heterocycles. The summed E-state index contributed by atoms with van der Waals surface area (Å²) < 4.78 is 4.36. The van der Waals surface area contributed by atoms with Gasteiger partial charge in [-0.1, -0.05) is 5.92 Å². The SMILES string of the molecule is [CH2]C(=O)OCC#CC. The molecule has 0 aliphatic carbocycles. The lowest BCUT2D eigenvalue weighted by atomic mass is 10.6. The van der Waals surface area contributed by atoms with Gasteiger partial charge in [-0.15, -0.1) is 5.92 Å². The summed E-state index contributed by atoms with van der Waals surface area (Å²) in [5.74, 6) is 4.58. The van der Waals surface area contributed by atoms with Gasteiger partial charge in [0.25, 0.3) is 0 Å². The van der Waals surface area contributed by atoms with Crippen LogP contribution < -0.4 is 0 Å². The van der Waals surface area contributed by atoms with Gasteiger partial charge in [-0.3, -0.25) is 4.79 Å². The maximum absolute atomic E-state index is 9.92. The van der Waals surface area contributed by atoms with E-state index in [4.69, 9.17) is 0 Å². The van der Waals surface area contributed by atoms with Gasteiger partial charge in [0.05, 0.1) is 6.92 Å². The van der Waals surface area contributed by atoms with Gasteiger partial charge in [0.1, 0.15) is 0 Å². The van der Waals surface area contributed by atoms with Crippen LogP contribution in [0.4, 0.5) is 0 Å². The molecule has 0 N–H and O–H groups in total. The van der Waals surface area contributed by atoms with Crippen LogP contribution in [0.15, 0.2) is 0 Å². The van der Waals surface area contributed by atoms with Crippen molar-refractivity contribution in [2.45, 2.75) is 6.92 Å². The third kappa shape index (κ3) is 5.03. The number of hydrogen-bond acceptors (Lipinski definition) is 2. The average Bonchev–Trinajstić information content (AvgIpc) is 1.66. The van der Waals surface area contributed by atoms with Gasteiger partial charge in [0.15, 0.2) is 6.61 Å². The normalized spacial score (nSPS) is 6.75. The number of hydrogen-bond donors (Lipinski definition) is 0. The van der Waals surface area contributed by atoms with E-state index in [0.29, 0.717) is 0 Å². The van der Waals surface area contributed by atoms with Gasteiger partial charge >= 0.3 is 5.97 Å². The van der Waals surface area contributed by atoms with Crippen LogP contribution in [0, 0.1) is 18.8 Å². The minimum atomic E-state index is -0.534. The van der Waals surface area contributed by atoms with Gasteiger partial charge in [-0.05, 0) is 6.92 Å². The predicted octanol–water partition coefficient (Wildman–Crippen LogP) is 0.387. The van der Waals surface area contributed by atoms with Crippen LogP contribution >= 0.6 is 0 Å². The van der Waals surface area contributed by atoms with Crippen molar-refractivity contribution in [3.63, 3.8) is 0 Å². The average molecular weight is 111 g/mol. The Bertz CT molecular complexity index is 127. The third-order valence-electron chi connectivity index (χ3n) is 0.482. The number of rotatable bonds is 1. The lowest BCUT2D eigenvalue weighted by molar-refractivity contribution is -0.136. The van der Waals surface area contributed by atoms with Crippen molar-refractivity contribution in [3.05, 3.63) is 6.92 Å². The lowest BCUT2D eigenvalue weighted by Gasteiger charge is -1.89. The van der Waals surface area contributed by atoms with Gasteiger partial charge in [0.2, 0.25) is 0 Å². The van der Waals surface area contributed by atoms with E-state index in [0.717, 1.165) is 0 Å². The molecular formula is C6H7O2. The maximum atomic E-state index is 9.92. The van der Waals surface area contributed by atoms with E-state index < -0.39 is 5.97 Å². The van der Waals surface area contributed by atoms with Crippen molar-refractivity contribution in [1.82, 2.24) is 0 Å². The van der Waals surface area contributed by atoms with Crippen LogP contribution in [0.2, 0.25) is 0 Å². The Morgan fingerprint density at radius 2 is 2.50 bits per heavy atom. The molecular weight excluding hydrogens is 104 g/mol. The molecule has 1 radical (unpaired) electrons. The molecule has 0 rings (SSSR count). The van der Waals surface area contributed by atoms with Crippen LogP contribution in [0.3, 0.4) is 0 Å². The highest BCUT2D eigenvalue weighted by Crippen LogP contribution is 1.70. The first kappa shape index (κ1) is 7.03. The van der Waals surface area contributed by atoms with Crippen LogP contribution in [0.1, 0.15) is 6.92 Å². The first-order chi connectivity index (χ1) is 3.77. The van der Waals surface area contributed by atoms with E-state index >= 15 is 0 Å². The van der Waals surface area contributed by atoms with Crippen LogP contribution in [-0.4, -0.2) is 12.6 Å². The second-order valence-corrected chi connectivity index (χ2v) is 1.09. The summed E-state index contributed by atoms with van der Waals surface area (Å²) in [6, 6.07) is 0. The molecule has 2 heteroatoms. The van der Waals surface area contributed by atoms with Crippen molar-refractivity contribution in [2.24, 2.45) is 0 Å². The summed E-state index contributed by atoms with van der Waals surface area (Å²) in [5, 5.41) is 0. The van der Waals surface area contributed by atoms with Gasteiger partial charge in [-0.25, -0.2) is 0 Å². The molecule has 0 aliphatic rings. The zero-order chi connectivity index (χ0) is 6.41. The predicted molar refractivity (Wildman–Crippen MR) is 29.8 cm³/mol. The van der Waals surface area contributed by atoms with Gasteiger partial charge in [-0.2, -0.15) is 0 Å². The highest BCUT2D eigenvalue weighted by atomic mass is 16.5. The molecule has 0 fully saturated rings. The topological polar surface area (TPSA) is 26.3 Å². The summed E-state index contributed by atoms with van der Waals surface area (Å²) in [7, 11) is 0. The molecule has 0 unspecified atom stereocenters. The number of carbonyl (C=O) groups is 1. The fraction of sp³-hybridized carbons (Fsp3) is 0.333. The second kappa shape index (κ2) is 4.20. The largest absolute Gasteiger partial charge is 0.452 e. The maximum Gasteiger partial charge on any atom is 0.307 e. The highest BCUT2D eigenvalue weighted by molar-refractivity contribution is 5.73. The molecule has 0 heterocycles. The summed E-state index contributed by atoms with van der Waals surface area (Å²) >= 11 is 0. The quantitative estimate of drug-likeness (QED) is 0.361. The fourth-order valence-electron chi connectivity index (χ4n) is 0.189. The molecule has 0 aliphatic heterocycles. The molecule has 0 atom stereocenters. The lowest BCUT2D eigenvalue weighted by Crippen LogP contribution is -1.97. The standard InChI is InChI=1S/C6H7O2/c1-3-4-5-8-6(2)7/h2,5H2,1H3. The molecule has 43 valence electrons. The summed E-state index contributed by atoms with van der Waals surface area (Å²) in [6.07, 6.45) is 0. The molecule has 0 saturated carbocycles. The molecule has 0 bridgehead atoms.